The molecule has 6 atom stereocenters. The fourth-order valence-electron chi connectivity index (χ4n) is 8.12. The minimum absolute atomic E-state index is 0.0106. The van der Waals surface area contributed by atoms with E-state index in [9.17, 15) is 34.0 Å². The summed E-state index contributed by atoms with van der Waals surface area (Å²) in [6.45, 7) is 15.7. The second kappa shape index (κ2) is 25.2. The Balaban J connectivity index is 1.96. The molecule has 1 aromatic carbocycles. The molecular weight excluding hydrogens is 830 g/mol. The van der Waals surface area contributed by atoms with Crippen LogP contribution >= 0.6 is 11.3 Å². The zero-order valence-electron chi connectivity index (χ0n) is 38.9. The molecule has 0 bridgehead atoms. The van der Waals surface area contributed by atoms with Gasteiger partial charge in [-0.1, -0.05) is 72.8 Å². The summed E-state index contributed by atoms with van der Waals surface area (Å²) in [6, 6.07) is 1.76. The van der Waals surface area contributed by atoms with E-state index < -0.39 is 53.3 Å². The van der Waals surface area contributed by atoms with Gasteiger partial charge in [0, 0.05) is 53.1 Å². The van der Waals surface area contributed by atoms with Crippen LogP contribution in [-0.4, -0.2) is 112 Å². The number of likely N-dealkylation sites (N-methyl/N-ethyl adjacent to an activating group) is 1. The van der Waals surface area contributed by atoms with Crippen molar-refractivity contribution < 1.29 is 43.0 Å². The number of likely N-dealkylation sites (tertiary alicyclic amines) is 1. The molecular formula is C46H73FN7O8S+. The van der Waals surface area contributed by atoms with E-state index in [1.165, 1.54) is 38.3 Å². The van der Waals surface area contributed by atoms with Gasteiger partial charge in [-0.05, 0) is 83.0 Å². The zero-order chi connectivity index (χ0) is 47.0. The number of nitrogens with zero attached hydrogens (tertiary/aromatic N) is 4. The van der Waals surface area contributed by atoms with Gasteiger partial charge >= 0.3 is 11.9 Å². The summed E-state index contributed by atoms with van der Waals surface area (Å²) >= 11 is 1.12. The molecule has 63 heavy (non-hydrogen) atoms. The number of carboxylic acid groups (broad SMARTS) is 1. The topological polar surface area (TPSA) is 204 Å². The molecule has 1 saturated heterocycles. The van der Waals surface area contributed by atoms with E-state index in [2.05, 4.69) is 22.5 Å². The number of aliphatic carboxylic acids is 1. The minimum atomic E-state index is -1.27. The van der Waals surface area contributed by atoms with Gasteiger partial charge in [-0.15, -0.1) is 11.3 Å². The minimum Gasteiger partial charge on any atom is -0.481 e. The fraction of sp³-hybridized carbons (Fsp3) is 0.696. The lowest BCUT2D eigenvalue weighted by atomic mass is 9.84. The van der Waals surface area contributed by atoms with Crippen LogP contribution in [0.2, 0.25) is 0 Å². The monoisotopic (exact) mass is 903 g/mol. The normalized spacial score (nSPS) is 17.0. The molecule has 3 rings (SSSR count). The molecule has 1 fully saturated rings. The van der Waals surface area contributed by atoms with E-state index in [0.717, 1.165) is 62.8 Å². The van der Waals surface area contributed by atoms with Crippen LogP contribution in [0.15, 0.2) is 23.6 Å². The SMILES string of the molecule is CCCCCCN(C(=O)[C@@H](NC(=O)[C@H]1CCCCN1C)[C@@H](C)CC)[C@H](C[C@@H](OC(C)=O)c1nc(C(=O)N[C@@H](Cc2ccc([N+](=O)CCN)c(F)c2)CC(C)(C)C(=O)O)cs1)C(C)C. The highest BCUT2D eigenvalue weighted by Gasteiger charge is 2.39. The molecule has 0 aliphatic carbocycles. The molecule has 2 aromatic rings. The van der Waals surface area contributed by atoms with Crippen LogP contribution in [-0.2, 0) is 30.3 Å². The van der Waals surface area contributed by atoms with E-state index in [0.29, 0.717) is 28.3 Å². The Morgan fingerprint density at radius 2 is 1.83 bits per heavy atom. The number of hydrogen-bond donors (Lipinski definition) is 4. The summed E-state index contributed by atoms with van der Waals surface area (Å²) in [5.41, 5.74) is 4.46. The van der Waals surface area contributed by atoms with Crippen molar-refractivity contribution in [2.45, 2.75) is 156 Å². The van der Waals surface area contributed by atoms with Crippen molar-refractivity contribution in [3.05, 3.63) is 50.6 Å². The van der Waals surface area contributed by atoms with Crippen LogP contribution in [0.3, 0.4) is 0 Å². The molecule has 15 nitrogen and oxygen atoms in total. The molecule has 352 valence electrons. The maximum absolute atomic E-state index is 15.0. The number of piperidine rings is 1. The van der Waals surface area contributed by atoms with Gasteiger partial charge in [-0.25, -0.2) is 4.98 Å². The van der Waals surface area contributed by atoms with Gasteiger partial charge in [0.15, 0.2) is 11.9 Å². The second-order valence-corrected chi connectivity index (χ2v) is 19.0. The number of amides is 3. The molecule has 1 aliphatic heterocycles. The summed E-state index contributed by atoms with van der Waals surface area (Å²) in [6.07, 6.45) is 6.32. The van der Waals surface area contributed by atoms with E-state index >= 15 is 4.39 Å². The number of ether oxygens (including phenoxy) is 1. The van der Waals surface area contributed by atoms with Crippen molar-refractivity contribution in [2.24, 2.45) is 23.0 Å². The summed E-state index contributed by atoms with van der Waals surface area (Å²) in [7, 11) is 1.94. The largest absolute Gasteiger partial charge is 0.481 e. The summed E-state index contributed by atoms with van der Waals surface area (Å²) in [4.78, 5) is 88.2. The molecule has 1 aromatic heterocycles. The van der Waals surface area contributed by atoms with Crippen molar-refractivity contribution in [3.8, 4) is 0 Å². The van der Waals surface area contributed by atoms with Crippen LogP contribution < -0.4 is 16.4 Å². The lowest BCUT2D eigenvalue weighted by Gasteiger charge is -2.40. The first-order valence-corrected chi connectivity index (χ1v) is 23.5. The average molecular weight is 903 g/mol. The lowest BCUT2D eigenvalue weighted by molar-refractivity contribution is -0.462. The highest BCUT2D eigenvalue weighted by atomic mass is 32.1. The highest BCUT2D eigenvalue weighted by molar-refractivity contribution is 7.09. The molecule has 0 spiro atoms. The smallest absolute Gasteiger partial charge is 0.309 e. The number of nitrogens with one attached hydrogen (secondary N) is 2. The van der Waals surface area contributed by atoms with E-state index in [4.69, 9.17) is 10.5 Å². The summed E-state index contributed by atoms with van der Waals surface area (Å²) < 4.78 is 21.4. The van der Waals surface area contributed by atoms with E-state index in [-0.39, 0.29) is 73.4 Å². The Labute approximate surface area is 377 Å². The molecule has 0 unspecified atom stereocenters. The number of benzene rings is 1. The summed E-state index contributed by atoms with van der Waals surface area (Å²) in [5, 5.41) is 17.9. The number of carbonyl (C=O) groups excluding carboxylic acids is 4. The lowest BCUT2D eigenvalue weighted by Crippen LogP contribution is -2.59. The number of rotatable bonds is 26. The van der Waals surface area contributed by atoms with Crippen molar-refractivity contribution in [1.29, 1.82) is 0 Å². The van der Waals surface area contributed by atoms with E-state index in [1.54, 1.807) is 6.07 Å². The molecule has 5 N–H and O–H groups in total. The number of thiazole rings is 1. The number of aromatic nitrogens is 1. The van der Waals surface area contributed by atoms with E-state index in [1.807, 2.05) is 44.5 Å². The van der Waals surface area contributed by atoms with Crippen LogP contribution in [0.1, 0.15) is 147 Å². The third-order valence-corrected chi connectivity index (χ3v) is 13.1. The Bertz CT molecular complexity index is 1860. The number of carboxylic acids is 1. The van der Waals surface area contributed by atoms with Gasteiger partial charge in [-0.3, -0.25) is 28.9 Å². The Hall–Kier alpha value is -4.35. The standard InChI is InChI=1S/C46H72FN7O8S/c1-10-12-13-15-22-53(44(58)40(30(5)11-2)51-42(57)37-17-14-16-21-52(37)9)38(29(3)4)26-39(62-31(6)55)43-50-35(28-63-43)41(56)49-33(27-46(7,8)45(59)60)24-32-18-19-36(34(47)25-32)54(61)23-20-48/h18-19,25,28-30,33,37-40H,10-17,20-24,26-27,48H2,1-9H3,(H2-,49,51,56,57,59,60)/p+1/t30-,33-,37+,38+,39+,40-/m0/s1. The van der Waals surface area contributed by atoms with Crippen molar-refractivity contribution in [3.63, 3.8) is 0 Å². The molecule has 17 heteroatoms. The number of nitroso groups, excluding NO2 is 1. The summed E-state index contributed by atoms with van der Waals surface area (Å²) in [5.74, 6) is -3.62. The fourth-order valence-corrected chi connectivity index (χ4v) is 8.96. The number of nitrogens with two attached hydrogens (primary N) is 1. The van der Waals surface area contributed by atoms with Crippen LogP contribution in [0, 0.1) is 28.0 Å². The average Bonchev–Trinajstić information content (AvgIpc) is 3.72. The number of esters is 1. The van der Waals surface area contributed by atoms with Crippen molar-refractivity contribution in [1.82, 2.24) is 25.4 Å². The highest BCUT2D eigenvalue weighted by Crippen LogP contribution is 2.33. The maximum Gasteiger partial charge on any atom is 0.309 e. The first-order chi connectivity index (χ1) is 29.7. The van der Waals surface area contributed by atoms with Gasteiger partial charge in [0.05, 0.1) is 18.0 Å². The molecule has 0 saturated carbocycles. The first-order valence-electron chi connectivity index (χ1n) is 22.7. The third kappa shape index (κ3) is 15.7. The van der Waals surface area contributed by atoms with Crippen molar-refractivity contribution >= 4 is 46.7 Å². The zero-order valence-corrected chi connectivity index (χ0v) is 39.7. The van der Waals surface area contributed by atoms with Crippen LogP contribution in [0.4, 0.5) is 10.1 Å². The van der Waals surface area contributed by atoms with Crippen molar-refractivity contribution in [2.75, 3.05) is 33.2 Å². The molecule has 3 amide bonds. The van der Waals surface area contributed by atoms with Gasteiger partial charge < -0.3 is 31.1 Å². The predicted molar refractivity (Wildman–Crippen MR) is 242 cm³/mol. The Morgan fingerprint density at radius 1 is 1.11 bits per heavy atom. The molecule has 2 heterocycles. The molecule has 0 radical (unpaired) electrons. The number of hydrogen-bond acceptors (Lipinski definition) is 11. The Kier molecular flexibility index (Phi) is 21.2. The van der Waals surface area contributed by atoms with Gasteiger partial charge in [0.2, 0.25) is 18.4 Å². The third-order valence-electron chi connectivity index (χ3n) is 12.1. The van der Waals surface area contributed by atoms with Crippen LogP contribution in [0.25, 0.3) is 0 Å². The first kappa shape index (κ1) is 53.0. The maximum atomic E-state index is 15.0. The second-order valence-electron chi connectivity index (χ2n) is 18.1. The number of halogens is 1. The quantitative estimate of drug-likeness (QED) is 0.0433. The number of unbranched alkanes of at least 4 members (excludes halogenated alkanes) is 3. The van der Waals surface area contributed by atoms with Gasteiger partial charge in [0.25, 0.3) is 11.6 Å². The predicted octanol–water partition coefficient (Wildman–Crippen LogP) is 6.94. The number of carbonyl (C=O) groups is 5. The molecule has 1 aliphatic rings. The Morgan fingerprint density at radius 3 is 2.41 bits per heavy atom. The van der Waals surface area contributed by atoms with Gasteiger partial charge in [-0.2, -0.15) is 4.39 Å². The van der Waals surface area contributed by atoms with Crippen LogP contribution in [0.5, 0.6) is 0 Å². The van der Waals surface area contributed by atoms with Gasteiger partial charge in [0.1, 0.15) is 16.7 Å².